The standard InChI is InChI=1S/C20H28N6O3/c1-15-19(22-23-25(15)17-10-6-11-18(14-17)26(28)29)20(27)21-12-7-13-24(2)16-8-4-3-5-9-16/h6,10-11,14,16H,3-5,7-9,12-13H2,1-2H3,(H,21,27). The van der Waals surface area contributed by atoms with E-state index in [9.17, 15) is 14.9 Å². The first-order chi connectivity index (χ1) is 14.0. The van der Waals surface area contributed by atoms with Crippen LogP contribution in [0.4, 0.5) is 5.69 Å². The topological polar surface area (TPSA) is 106 Å². The molecular weight excluding hydrogens is 372 g/mol. The fourth-order valence-corrected chi connectivity index (χ4v) is 3.84. The van der Waals surface area contributed by atoms with E-state index in [0.29, 0.717) is 24.0 Å². The number of non-ortho nitro benzene ring substituents is 1. The van der Waals surface area contributed by atoms with Crippen molar-refractivity contribution >= 4 is 11.6 Å². The minimum absolute atomic E-state index is 0.0366. The summed E-state index contributed by atoms with van der Waals surface area (Å²) in [6.45, 7) is 3.24. The van der Waals surface area contributed by atoms with Crippen LogP contribution in [0.25, 0.3) is 5.69 Å². The van der Waals surface area contributed by atoms with E-state index >= 15 is 0 Å². The molecule has 156 valence electrons. The Balaban J connectivity index is 1.54. The van der Waals surface area contributed by atoms with Crippen molar-refractivity contribution in [1.82, 2.24) is 25.2 Å². The van der Waals surface area contributed by atoms with Crippen molar-refractivity contribution in [3.8, 4) is 5.69 Å². The molecule has 2 aromatic rings. The number of amides is 1. The third-order valence-electron chi connectivity index (χ3n) is 5.57. The van der Waals surface area contributed by atoms with Gasteiger partial charge in [0.2, 0.25) is 0 Å². The Morgan fingerprint density at radius 3 is 2.83 bits per heavy atom. The minimum Gasteiger partial charge on any atom is -0.351 e. The van der Waals surface area contributed by atoms with Crippen LogP contribution in [-0.2, 0) is 0 Å². The Kier molecular flexibility index (Phi) is 6.92. The summed E-state index contributed by atoms with van der Waals surface area (Å²) >= 11 is 0. The van der Waals surface area contributed by atoms with Gasteiger partial charge in [-0.05, 0) is 45.8 Å². The number of nitro groups is 1. The smallest absolute Gasteiger partial charge is 0.273 e. The molecule has 9 heteroatoms. The lowest BCUT2D eigenvalue weighted by atomic mass is 9.94. The maximum atomic E-state index is 12.5. The van der Waals surface area contributed by atoms with Crippen LogP contribution >= 0.6 is 0 Å². The third kappa shape index (κ3) is 5.17. The monoisotopic (exact) mass is 400 g/mol. The molecule has 0 aliphatic heterocycles. The van der Waals surface area contributed by atoms with Gasteiger partial charge in [0.1, 0.15) is 0 Å². The number of carbonyl (C=O) groups is 1. The summed E-state index contributed by atoms with van der Waals surface area (Å²) in [6.07, 6.45) is 7.37. The highest BCUT2D eigenvalue weighted by molar-refractivity contribution is 5.93. The summed E-state index contributed by atoms with van der Waals surface area (Å²) in [6, 6.07) is 6.75. The van der Waals surface area contributed by atoms with Crippen LogP contribution in [0.5, 0.6) is 0 Å². The van der Waals surface area contributed by atoms with Crippen molar-refractivity contribution in [1.29, 1.82) is 0 Å². The van der Waals surface area contributed by atoms with E-state index in [1.165, 1.54) is 48.9 Å². The minimum atomic E-state index is -0.465. The zero-order valence-electron chi connectivity index (χ0n) is 17.0. The van der Waals surface area contributed by atoms with E-state index < -0.39 is 4.92 Å². The van der Waals surface area contributed by atoms with Gasteiger partial charge in [-0.25, -0.2) is 4.68 Å². The van der Waals surface area contributed by atoms with Crippen molar-refractivity contribution in [3.05, 3.63) is 45.8 Å². The van der Waals surface area contributed by atoms with Gasteiger partial charge in [0.05, 0.1) is 16.3 Å². The van der Waals surface area contributed by atoms with Crippen molar-refractivity contribution in [3.63, 3.8) is 0 Å². The highest BCUT2D eigenvalue weighted by atomic mass is 16.6. The maximum Gasteiger partial charge on any atom is 0.273 e. The molecule has 9 nitrogen and oxygen atoms in total. The van der Waals surface area contributed by atoms with E-state index in [4.69, 9.17) is 0 Å². The third-order valence-corrected chi connectivity index (χ3v) is 5.57. The molecule has 3 rings (SSSR count). The van der Waals surface area contributed by atoms with Crippen LogP contribution in [-0.4, -0.2) is 56.9 Å². The van der Waals surface area contributed by atoms with E-state index in [-0.39, 0.29) is 17.3 Å². The molecule has 0 atom stereocenters. The molecule has 1 aromatic carbocycles. The molecule has 1 amide bonds. The van der Waals surface area contributed by atoms with Gasteiger partial charge in [-0.15, -0.1) is 5.10 Å². The number of nitrogens with one attached hydrogen (secondary N) is 1. The number of nitro benzene ring substituents is 1. The quantitative estimate of drug-likeness (QED) is 0.415. The predicted molar refractivity (Wildman–Crippen MR) is 109 cm³/mol. The van der Waals surface area contributed by atoms with Crippen molar-refractivity contribution < 1.29 is 9.72 Å². The molecule has 1 aromatic heterocycles. The van der Waals surface area contributed by atoms with Gasteiger partial charge in [0, 0.05) is 24.7 Å². The second kappa shape index (κ2) is 9.60. The first kappa shape index (κ1) is 20.9. The van der Waals surface area contributed by atoms with E-state index in [1.807, 2.05) is 0 Å². The summed E-state index contributed by atoms with van der Waals surface area (Å²) in [5.41, 5.74) is 1.24. The van der Waals surface area contributed by atoms with Gasteiger partial charge in [0.15, 0.2) is 5.69 Å². The summed E-state index contributed by atoms with van der Waals surface area (Å²) in [7, 11) is 2.16. The average Bonchev–Trinajstić information content (AvgIpc) is 3.13. The van der Waals surface area contributed by atoms with Crippen LogP contribution in [0.15, 0.2) is 24.3 Å². The zero-order valence-corrected chi connectivity index (χ0v) is 17.0. The maximum absolute atomic E-state index is 12.5. The van der Waals surface area contributed by atoms with Gasteiger partial charge in [-0.1, -0.05) is 30.5 Å². The largest absolute Gasteiger partial charge is 0.351 e. The van der Waals surface area contributed by atoms with Gasteiger partial charge in [0.25, 0.3) is 11.6 Å². The lowest BCUT2D eigenvalue weighted by Crippen LogP contribution is -2.36. The summed E-state index contributed by atoms with van der Waals surface area (Å²) < 4.78 is 1.44. The van der Waals surface area contributed by atoms with E-state index in [0.717, 1.165) is 13.0 Å². The Morgan fingerprint density at radius 2 is 2.10 bits per heavy atom. The predicted octanol–water partition coefficient (Wildman–Crippen LogP) is 2.87. The molecule has 0 unspecified atom stereocenters. The lowest BCUT2D eigenvalue weighted by molar-refractivity contribution is -0.384. The number of nitrogens with zero attached hydrogens (tertiary/aromatic N) is 5. The molecule has 1 fully saturated rings. The van der Waals surface area contributed by atoms with Crippen LogP contribution in [0.1, 0.15) is 54.7 Å². The molecule has 0 saturated heterocycles. The molecule has 1 aliphatic carbocycles. The number of aromatic nitrogens is 3. The average molecular weight is 400 g/mol. The lowest BCUT2D eigenvalue weighted by Gasteiger charge is -2.31. The van der Waals surface area contributed by atoms with Crippen LogP contribution in [0, 0.1) is 17.0 Å². The fraction of sp³-hybridized carbons (Fsp3) is 0.550. The second-order valence-corrected chi connectivity index (χ2v) is 7.59. The van der Waals surface area contributed by atoms with Crippen molar-refractivity contribution in [2.24, 2.45) is 0 Å². The highest BCUT2D eigenvalue weighted by Gasteiger charge is 2.19. The number of benzene rings is 1. The van der Waals surface area contributed by atoms with Crippen LogP contribution < -0.4 is 5.32 Å². The molecule has 0 spiro atoms. The van der Waals surface area contributed by atoms with Gasteiger partial charge >= 0.3 is 0 Å². The van der Waals surface area contributed by atoms with E-state index in [1.54, 1.807) is 19.1 Å². The molecule has 0 radical (unpaired) electrons. The van der Waals surface area contributed by atoms with E-state index in [2.05, 4.69) is 27.6 Å². The molecule has 1 saturated carbocycles. The summed E-state index contributed by atoms with van der Waals surface area (Å²) in [5.74, 6) is -0.278. The van der Waals surface area contributed by atoms with Crippen molar-refractivity contribution in [2.75, 3.05) is 20.1 Å². The Morgan fingerprint density at radius 1 is 1.34 bits per heavy atom. The van der Waals surface area contributed by atoms with Gasteiger partial charge < -0.3 is 10.2 Å². The molecule has 29 heavy (non-hydrogen) atoms. The Bertz CT molecular complexity index is 860. The highest BCUT2D eigenvalue weighted by Crippen LogP contribution is 2.21. The number of hydrogen-bond acceptors (Lipinski definition) is 6. The number of rotatable bonds is 8. The SMILES string of the molecule is Cc1c(C(=O)NCCCN(C)C2CCCCC2)nnn1-c1cccc([N+](=O)[O-])c1. The second-order valence-electron chi connectivity index (χ2n) is 7.59. The normalized spacial score (nSPS) is 14.9. The number of carbonyl (C=O) groups excluding carboxylic acids is 1. The molecule has 1 N–H and O–H groups in total. The molecule has 1 aliphatic rings. The summed E-state index contributed by atoms with van der Waals surface area (Å²) in [5, 5.41) is 21.8. The van der Waals surface area contributed by atoms with Crippen molar-refractivity contribution in [2.45, 2.75) is 51.5 Å². The van der Waals surface area contributed by atoms with Gasteiger partial charge in [-0.3, -0.25) is 14.9 Å². The Labute approximate surface area is 170 Å². The first-order valence-electron chi connectivity index (χ1n) is 10.1. The van der Waals surface area contributed by atoms with Crippen LogP contribution in [0.3, 0.4) is 0 Å². The Hall–Kier alpha value is -2.81. The van der Waals surface area contributed by atoms with Crippen LogP contribution in [0.2, 0.25) is 0 Å². The fourth-order valence-electron chi connectivity index (χ4n) is 3.84. The summed E-state index contributed by atoms with van der Waals surface area (Å²) in [4.78, 5) is 25.4. The number of hydrogen-bond donors (Lipinski definition) is 1. The first-order valence-corrected chi connectivity index (χ1v) is 10.1. The van der Waals surface area contributed by atoms with Gasteiger partial charge in [-0.2, -0.15) is 0 Å². The molecular formula is C20H28N6O3. The molecule has 1 heterocycles. The molecule has 0 bridgehead atoms. The zero-order chi connectivity index (χ0) is 20.8.